The Balaban J connectivity index is 0.00000400. The van der Waals surface area contributed by atoms with E-state index in [1.165, 1.54) is 12.1 Å². The summed E-state index contributed by atoms with van der Waals surface area (Å²) in [6.07, 6.45) is 0. The Morgan fingerprint density at radius 1 is 1.33 bits per heavy atom. The molecule has 0 heterocycles. The van der Waals surface area contributed by atoms with E-state index in [0.29, 0.717) is 0 Å². The SMILES string of the molecule is CC(CN)C(=O)NC(c1ccc(F)cc1F)C(C)(C)C.Cl. The largest absolute Gasteiger partial charge is 0.348 e. The molecule has 0 aliphatic rings. The van der Waals surface area contributed by atoms with Crippen LogP contribution in [-0.2, 0) is 4.79 Å². The minimum Gasteiger partial charge on any atom is -0.348 e. The van der Waals surface area contributed by atoms with Crippen LogP contribution >= 0.6 is 12.4 Å². The van der Waals surface area contributed by atoms with Crippen molar-refractivity contribution in [3.8, 4) is 0 Å². The van der Waals surface area contributed by atoms with Crippen molar-refractivity contribution >= 4 is 18.3 Å². The number of carbonyl (C=O) groups is 1. The van der Waals surface area contributed by atoms with Gasteiger partial charge in [0.25, 0.3) is 0 Å². The van der Waals surface area contributed by atoms with Gasteiger partial charge >= 0.3 is 0 Å². The summed E-state index contributed by atoms with van der Waals surface area (Å²) in [5, 5.41) is 2.80. The molecule has 1 amide bonds. The Hall–Kier alpha value is -1.20. The third-order valence-electron chi connectivity index (χ3n) is 3.23. The molecule has 21 heavy (non-hydrogen) atoms. The number of amides is 1. The van der Waals surface area contributed by atoms with Gasteiger partial charge in [-0.1, -0.05) is 33.8 Å². The van der Waals surface area contributed by atoms with Crippen molar-refractivity contribution in [2.45, 2.75) is 33.7 Å². The molecule has 2 unspecified atom stereocenters. The van der Waals surface area contributed by atoms with Crippen LogP contribution in [0.1, 0.15) is 39.3 Å². The smallest absolute Gasteiger partial charge is 0.224 e. The molecule has 0 fully saturated rings. The predicted molar refractivity (Wildman–Crippen MR) is 82.2 cm³/mol. The van der Waals surface area contributed by atoms with Crippen LogP contribution < -0.4 is 11.1 Å². The van der Waals surface area contributed by atoms with Crippen LogP contribution in [0.2, 0.25) is 0 Å². The second kappa shape index (κ2) is 7.71. The first kappa shape index (κ1) is 19.8. The Morgan fingerprint density at radius 3 is 2.33 bits per heavy atom. The van der Waals surface area contributed by atoms with Gasteiger partial charge in [0, 0.05) is 24.1 Å². The molecule has 0 spiro atoms. The molecule has 2 atom stereocenters. The lowest BCUT2D eigenvalue weighted by Gasteiger charge is -2.33. The van der Waals surface area contributed by atoms with Crippen LogP contribution in [0.4, 0.5) is 8.78 Å². The van der Waals surface area contributed by atoms with Crippen LogP contribution in [0.3, 0.4) is 0 Å². The lowest BCUT2D eigenvalue weighted by molar-refractivity contribution is -0.125. The van der Waals surface area contributed by atoms with Gasteiger partial charge in [0.1, 0.15) is 11.6 Å². The molecule has 0 radical (unpaired) electrons. The molecule has 1 aromatic rings. The molecule has 0 aromatic heterocycles. The van der Waals surface area contributed by atoms with E-state index in [-0.39, 0.29) is 36.3 Å². The molecule has 120 valence electrons. The predicted octanol–water partition coefficient (Wildman–Crippen LogP) is 3.18. The molecule has 0 saturated carbocycles. The van der Waals surface area contributed by atoms with Crippen LogP contribution in [0.15, 0.2) is 18.2 Å². The molecular weight excluding hydrogens is 298 g/mol. The normalized spacial score (nSPS) is 14.0. The van der Waals surface area contributed by atoms with Crippen molar-refractivity contribution in [3.63, 3.8) is 0 Å². The van der Waals surface area contributed by atoms with Gasteiger partial charge in [0.15, 0.2) is 0 Å². The van der Waals surface area contributed by atoms with Crippen LogP contribution in [0, 0.1) is 23.0 Å². The van der Waals surface area contributed by atoms with Gasteiger partial charge < -0.3 is 11.1 Å². The van der Waals surface area contributed by atoms with Gasteiger partial charge in [-0.15, -0.1) is 12.4 Å². The number of hydrogen-bond acceptors (Lipinski definition) is 2. The van der Waals surface area contributed by atoms with Crippen molar-refractivity contribution in [1.82, 2.24) is 5.32 Å². The van der Waals surface area contributed by atoms with E-state index in [0.717, 1.165) is 6.07 Å². The Kier molecular flexibility index (Phi) is 7.27. The fraction of sp³-hybridized carbons (Fsp3) is 0.533. The van der Waals surface area contributed by atoms with Gasteiger partial charge in [-0.25, -0.2) is 8.78 Å². The quantitative estimate of drug-likeness (QED) is 0.895. The third kappa shape index (κ3) is 5.25. The number of hydrogen-bond donors (Lipinski definition) is 2. The molecule has 6 heteroatoms. The Morgan fingerprint density at radius 2 is 1.90 bits per heavy atom. The van der Waals surface area contributed by atoms with E-state index in [1.54, 1.807) is 6.92 Å². The first-order valence-corrected chi connectivity index (χ1v) is 6.62. The summed E-state index contributed by atoms with van der Waals surface area (Å²) < 4.78 is 27.0. The highest BCUT2D eigenvalue weighted by Crippen LogP contribution is 2.34. The molecule has 3 N–H and O–H groups in total. The van der Waals surface area contributed by atoms with Crippen LogP contribution in [0.5, 0.6) is 0 Å². The minimum atomic E-state index is -0.661. The van der Waals surface area contributed by atoms with Crippen LogP contribution in [0.25, 0.3) is 0 Å². The van der Waals surface area contributed by atoms with E-state index >= 15 is 0 Å². The third-order valence-corrected chi connectivity index (χ3v) is 3.23. The average molecular weight is 321 g/mol. The zero-order valence-electron chi connectivity index (χ0n) is 12.7. The number of nitrogens with one attached hydrogen (secondary N) is 1. The summed E-state index contributed by atoms with van der Waals surface area (Å²) >= 11 is 0. The van der Waals surface area contributed by atoms with E-state index in [9.17, 15) is 13.6 Å². The topological polar surface area (TPSA) is 55.1 Å². The Labute approximate surface area is 130 Å². The standard InChI is InChI=1S/C15H22F2N2O.ClH/c1-9(8-18)14(20)19-13(15(2,3)4)11-6-5-10(16)7-12(11)17;/h5-7,9,13H,8,18H2,1-4H3,(H,19,20);1H. The zero-order valence-corrected chi connectivity index (χ0v) is 13.6. The maximum atomic E-state index is 13.9. The molecule has 3 nitrogen and oxygen atoms in total. The zero-order chi connectivity index (χ0) is 15.5. The fourth-order valence-corrected chi connectivity index (χ4v) is 1.89. The number of nitrogens with two attached hydrogens (primary N) is 1. The lowest BCUT2D eigenvalue weighted by Crippen LogP contribution is -2.41. The average Bonchev–Trinajstić information content (AvgIpc) is 2.34. The minimum absolute atomic E-state index is 0. The van der Waals surface area contributed by atoms with Gasteiger partial charge in [-0.3, -0.25) is 4.79 Å². The summed E-state index contributed by atoms with van der Waals surface area (Å²) in [5.74, 6) is -1.90. The van der Waals surface area contributed by atoms with Crippen molar-refractivity contribution in [3.05, 3.63) is 35.4 Å². The van der Waals surface area contributed by atoms with Gasteiger partial charge in [0.05, 0.1) is 6.04 Å². The molecule has 1 aromatic carbocycles. The maximum Gasteiger partial charge on any atom is 0.224 e. The molecule has 0 bridgehead atoms. The summed E-state index contributed by atoms with van der Waals surface area (Å²) in [7, 11) is 0. The fourth-order valence-electron chi connectivity index (χ4n) is 1.89. The van der Waals surface area contributed by atoms with Crippen LogP contribution in [-0.4, -0.2) is 12.5 Å². The molecular formula is C15H23ClF2N2O. The molecule has 0 aliphatic heterocycles. The maximum absolute atomic E-state index is 13.9. The molecule has 0 aliphatic carbocycles. The number of halogens is 3. The highest BCUT2D eigenvalue weighted by molar-refractivity contribution is 5.85. The van der Waals surface area contributed by atoms with Gasteiger partial charge in [0.2, 0.25) is 5.91 Å². The summed E-state index contributed by atoms with van der Waals surface area (Å²) in [4.78, 5) is 12.0. The van der Waals surface area contributed by atoms with E-state index in [2.05, 4.69) is 5.32 Å². The first-order chi connectivity index (χ1) is 9.16. The second-order valence-electron chi connectivity index (χ2n) is 6.11. The molecule has 1 rings (SSSR count). The number of carbonyl (C=O) groups excluding carboxylic acids is 1. The van der Waals surface area contributed by atoms with Crippen molar-refractivity contribution < 1.29 is 13.6 Å². The number of benzene rings is 1. The summed E-state index contributed by atoms with van der Waals surface area (Å²) in [6, 6.07) is 2.83. The number of rotatable bonds is 4. The molecule has 0 saturated heterocycles. The highest BCUT2D eigenvalue weighted by atomic mass is 35.5. The summed E-state index contributed by atoms with van der Waals surface area (Å²) in [6.45, 7) is 7.57. The van der Waals surface area contributed by atoms with Crippen molar-refractivity contribution in [2.24, 2.45) is 17.1 Å². The first-order valence-electron chi connectivity index (χ1n) is 6.62. The second-order valence-corrected chi connectivity index (χ2v) is 6.11. The van der Waals surface area contributed by atoms with E-state index in [1.807, 2.05) is 20.8 Å². The van der Waals surface area contributed by atoms with Gasteiger partial charge in [-0.2, -0.15) is 0 Å². The summed E-state index contributed by atoms with van der Waals surface area (Å²) in [5.41, 5.74) is 5.32. The van der Waals surface area contributed by atoms with Crippen molar-refractivity contribution in [1.29, 1.82) is 0 Å². The van der Waals surface area contributed by atoms with Crippen molar-refractivity contribution in [2.75, 3.05) is 6.54 Å². The van der Waals surface area contributed by atoms with Gasteiger partial charge in [-0.05, 0) is 11.5 Å². The highest BCUT2D eigenvalue weighted by Gasteiger charge is 2.31. The van der Waals surface area contributed by atoms with E-state index < -0.39 is 23.1 Å². The van der Waals surface area contributed by atoms with E-state index in [4.69, 9.17) is 5.73 Å². The Bertz CT molecular complexity index is 489. The monoisotopic (exact) mass is 320 g/mol. The lowest BCUT2D eigenvalue weighted by atomic mass is 9.81.